The summed E-state index contributed by atoms with van der Waals surface area (Å²) >= 11 is 1.95. The maximum Gasteiger partial charge on any atom is 0.332 e. The normalized spacial score (nSPS) is 34.4. The monoisotopic (exact) mass is 287 g/mol. The van der Waals surface area contributed by atoms with Gasteiger partial charge in [0.1, 0.15) is 6.10 Å². The second-order valence-corrected chi connectivity index (χ2v) is 6.70. The zero-order valence-electron chi connectivity index (χ0n) is 11.1. The molecule has 1 amide bonds. The molecule has 4 atom stereocenters. The summed E-state index contributed by atoms with van der Waals surface area (Å²) < 4.78 is 5.25. The average molecular weight is 287 g/mol. The molecule has 0 aromatic carbocycles. The van der Waals surface area contributed by atoms with Crippen LogP contribution in [0.2, 0.25) is 0 Å². The lowest BCUT2D eigenvalue weighted by atomic mass is 10.1. The first-order chi connectivity index (χ1) is 9.10. The molecule has 0 radical (unpaired) electrons. The van der Waals surface area contributed by atoms with Crippen LogP contribution >= 0.6 is 11.8 Å². The van der Waals surface area contributed by atoms with Crippen LogP contribution in [0.1, 0.15) is 39.0 Å². The second kappa shape index (κ2) is 6.61. The summed E-state index contributed by atoms with van der Waals surface area (Å²) in [4.78, 5) is 22.8. The van der Waals surface area contributed by atoms with E-state index in [-0.39, 0.29) is 11.9 Å². The largest absolute Gasteiger partial charge is 0.479 e. The van der Waals surface area contributed by atoms with E-state index in [0.29, 0.717) is 18.1 Å². The van der Waals surface area contributed by atoms with E-state index in [2.05, 4.69) is 12.2 Å². The zero-order chi connectivity index (χ0) is 13.8. The van der Waals surface area contributed by atoms with E-state index in [1.807, 2.05) is 11.8 Å². The number of thioether (sulfide) groups is 1. The summed E-state index contributed by atoms with van der Waals surface area (Å²) in [5.41, 5.74) is 0. The zero-order valence-corrected chi connectivity index (χ0v) is 11.9. The molecule has 2 N–H and O–H groups in total. The van der Waals surface area contributed by atoms with Gasteiger partial charge >= 0.3 is 5.97 Å². The Bertz CT molecular complexity index is 350. The van der Waals surface area contributed by atoms with E-state index < -0.39 is 18.2 Å². The molecule has 0 aromatic heterocycles. The first-order valence-electron chi connectivity index (χ1n) is 6.90. The van der Waals surface area contributed by atoms with Gasteiger partial charge in [0, 0.05) is 11.3 Å². The number of hydrogen-bond acceptors (Lipinski definition) is 4. The summed E-state index contributed by atoms with van der Waals surface area (Å²) in [5, 5.41) is 12.5. The third-order valence-electron chi connectivity index (χ3n) is 3.72. The number of carboxylic acids is 1. The molecule has 4 unspecified atom stereocenters. The number of ether oxygens (including phenoxy) is 1. The van der Waals surface area contributed by atoms with Crippen molar-refractivity contribution in [3.63, 3.8) is 0 Å². The summed E-state index contributed by atoms with van der Waals surface area (Å²) in [5.74, 6) is -0.0105. The number of carboxylic acid groups (broad SMARTS) is 1. The molecular formula is C13H21NO4S. The summed E-state index contributed by atoms with van der Waals surface area (Å²) in [7, 11) is 0. The Labute approximate surface area is 117 Å². The molecule has 0 spiro atoms. The number of carbonyl (C=O) groups excluding carboxylic acids is 1. The maximum absolute atomic E-state index is 12.0. The van der Waals surface area contributed by atoms with Crippen molar-refractivity contribution in [3.8, 4) is 0 Å². The SMILES string of the molecule is CCSC1CCC(NC(=O)C2CCC(C(=O)O)O2)C1. The smallest absolute Gasteiger partial charge is 0.332 e. The molecule has 2 aliphatic rings. The molecule has 1 aliphatic heterocycles. The predicted octanol–water partition coefficient (Wildman–Crippen LogP) is 1.41. The Morgan fingerprint density at radius 3 is 2.63 bits per heavy atom. The quantitative estimate of drug-likeness (QED) is 0.799. The van der Waals surface area contributed by atoms with Gasteiger partial charge in [-0.2, -0.15) is 11.8 Å². The number of carbonyl (C=O) groups is 2. The van der Waals surface area contributed by atoms with Gasteiger partial charge in [0.15, 0.2) is 6.10 Å². The molecule has 19 heavy (non-hydrogen) atoms. The molecule has 0 bridgehead atoms. The van der Waals surface area contributed by atoms with E-state index in [0.717, 1.165) is 25.0 Å². The number of amides is 1. The predicted molar refractivity (Wildman–Crippen MR) is 73.2 cm³/mol. The van der Waals surface area contributed by atoms with Gasteiger partial charge in [-0.05, 0) is 37.9 Å². The van der Waals surface area contributed by atoms with E-state index in [1.165, 1.54) is 0 Å². The van der Waals surface area contributed by atoms with Crippen LogP contribution < -0.4 is 5.32 Å². The average Bonchev–Trinajstić information content (AvgIpc) is 2.98. The summed E-state index contributed by atoms with van der Waals surface area (Å²) in [6.07, 6.45) is 2.70. The Hall–Kier alpha value is -0.750. The highest BCUT2D eigenvalue weighted by atomic mass is 32.2. The van der Waals surface area contributed by atoms with Crippen molar-refractivity contribution in [1.29, 1.82) is 0 Å². The summed E-state index contributed by atoms with van der Waals surface area (Å²) in [6, 6.07) is 0.226. The minimum Gasteiger partial charge on any atom is -0.479 e. The Morgan fingerprint density at radius 2 is 2.00 bits per heavy atom. The van der Waals surface area contributed by atoms with Crippen LogP contribution in [0.4, 0.5) is 0 Å². The molecule has 1 saturated heterocycles. The molecule has 2 fully saturated rings. The highest BCUT2D eigenvalue weighted by molar-refractivity contribution is 7.99. The van der Waals surface area contributed by atoms with Crippen LogP contribution in [-0.2, 0) is 14.3 Å². The standard InChI is InChI=1S/C13H21NO4S/c1-2-19-9-4-3-8(7-9)14-12(15)10-5-6-11(18-10)13(16)17/h8-11H,2-7H2,1H3,(H,14,15)(H,16,17). The molecule has 2 rings (SSSR count). The molecule has 108 valence electrons. The van der Waals surface area contributed by atoms with Gasteiger partial charge in [-0.1, -0.05) is 6.92 Å². The van der Waals surface area contributed by atoms with Crippen molar-refractivity contribution in [2.75, 3.05) is 5.75 Å². The third kappa shape index (κ3) is 3.86. The topological polar surface area (TPSA) is 75.6 Å². The first-order valence-corrected chi connectivity index (χ1v) is 7.95. The van der Waals surface area contributed by atoms with Crippen molar-refractivity contribution in [1.82, 2.24) is 5.32 Å². The number of hydrogen-bond donors (Lipinski definition) is 2. The lowest BCUT2D eigenvalue weighted by molar-refractivity contribution is -0.151. The van der Waals surface area contributed by atoms with Crippen LogP contribution in [0.5, 0.6) is 0 Å². The van der Waals surface area contributed by atoms with Gasteiger partial charge in [-0.3, -0.25) is 4.79 Å². The fourth-order valence-corrected chi connectivity index (χ4v) is 3.91. The van der Waals surface area contributed by atoms with Gasteiger partial charge in [0.2, 0.25) is 5.91 Å². The lowest BCUT2D eigenvalue weighted by Gasteiger charge is -2.16. The number of aliphatic carboxylic acids is 1. The highest BCUT2D eigenvalue weighted by Crippen LogP contribution is 2.30. The van der Waals surface area contributed by atoms with Crippen molar-refractivity contribution in [2.45, 2.75) is 62.5 Å². The Balaban J connectivity index is 1.75. The molecule has 0 aromatic rings. The van der Waals surface area contributed by atoms with Crippen molar-refractivity contribution < 1.29 is 19.4 Å². The van der Waals surface area contributed by atoms with E-state index in [9.17, 15) is 9.59 Å². The van der Waals surface area contributed by atoms with Crippen LogP contribution in [0, 0.1) is 0 Å². The molecule has 1 aliphatic carbocycles. The van der Waals surface area contributed by atoms with Crippen LogP contribution in [0.25, 0.3) is 0 Å². The van der Waals surface area contributed by atoms with Gasteiger partial charge in [-0.25, -0.2) is 4.79 Å². The van der Waals surface area contributed by atoms with E-state index in [4.69, 9.17) is 9.84 Å². The van der Waals surface area contributed by atoms with Crippen molar-refractivity contribution >= 4 is 23.6 Å². The van der Waals surface area contributed by atoms with Crippen LogP contribution in [0.3, 0.4) is 0 Å². The van der Waals surface area contributed by atoms with Gasteiger partial charge in [-0.15, -0.1) is 0 Å². The maximum atomic E-state index is 12.0. The Kier molecular flexibility index (Phi) is 5.10. The fraction of sp³-hybridized carbons (Fsp3) is 0.846. The first kappa shape index (κ1) is 14.7. The Morgan fingerprint density at radius 1 is 1.26 bits per heavy atom. The van der Waals surface area contributed by atoms with E-state index in [1.54, 1.807) is 0 Å². The second-order valence-electron chi connectivity index (χ2n) is 5.12. The lowest BCUT2D eigenvalue weighted by Crippen LogP contribution is -2.40. The van der Waals surface area contributed by atoms with Crippen LogP contribution in [-0.4, -0.2) is 46.2 Å². The van der Waals surface area contributed by atoms with Crippen LogP contribution in [0.15, 0.2) is 0 Å². The fourth-order valence-electron chi connectivity index (χ4n) is 2.76. The third-order valence-corrected chi connectivity index (χ3v) is 4.95. The van der Waals surface area contributed by atoms with Gasteiger partial charge in [0.25, 0.3) is 0 Å². The van der Waals surface area contributed by atoms with Crippen molar-refractivity contribution in [2.24, 2.45) is 0 Å². The molecule has 6 heteroatoms. The minimum absolute atomic E-state index is 0.143. The highest BCUT2D eigenvalue weighted by Gasteiger charge is 2.36. The van der Waals surface area contributed by atoms with Crippen molar-refractivity contribution in [3.05, 3.63) is 0 Å². The van der Waals surface area contributed by atoms with E-state index >= 15 is 0 Å². The molecule has 5 nitrogen and oxygen atoms in total. The summed E-state index contributed by atoms with van der Waals surface area (Å²) in [6.45, 7) is 2.15. The molecular weight excluding hydrogens is 266 g/mol. The molecule has 1 heterocycles. The number of nitrogens with one attached hydrogen (secondary N) is 1. The molecule has 1 saturated carbocycles. The van der Waals surface area contributed by atoms with Gasteiger partial charge < -0.3 is 15.2 Å². The number of rotatable bonds is 5. The van der Waals surface area contributed by atoms with Gasteiger partial charge in [0.05, 0.1) is 0 Å². The minimum atomic E-state index is -0.976.